The highest BCUT2D eigenvalue weighted by Gasteiger charge is 2.05. The first-order valence-corrected chi connectivity index (χ1v) is 5.89. The Balaban J connectivity index is 3.29. The fourth-order valence-corrected chi connectivity index (χ4v) is 1.22. The van der Waals surface area contributed by atoms with E-state index in [9.17, 15) is 13.6 Å². The lowest BCUT2D eigenvalue weighted by Gasteiger charge is -2.09. The van der Waals surface area contributed by atoms with Gasteiger partial charge >= 0.3 is 0 Å². The molecule has 0 aromatic heterocycles. The van der Waals surface area contributed by atoms with Crippen molar-refractivity contribution < 1.29 is 18.3 Å². The Labute approximate surface area is 101 Å². The van der Waals surface area contributed by atoms with E-state index in [1.807, 2.05) is 0 Å². The topological polar surface area (TPSA) is 64.3 Å². The smallest absolute Gasteiger partial charge is 0.261 e. The molecular formula is C11H22F2N2O2. The van der Waals surface area contributed by atoms with E-state index >= 15 is 0 Å². The highest BCUT2D eigenvalue weighted by molar-refractivity contribution is 5.75. The minimum absolute atomic E-state index is 0.0371. The van der Waals surface area contributed by atoms with Gasteiger partial charge in [-0.15, -0.1) is 0 Å². The quantitative estimate of drug-likeness (QED) is 0.573. The number of halogens is 2. The minimum Gasteiger partial charge on any atom is -0.375 e. The number of rotatable bonds is 10. The summed E-state index contributed by atoms with van der Waals surface area (Å²) in [6.45, 7) is 2.73. The number of nitrogens with one attached hydrogen (secondary N) is 1. The monoisotopic (exact) mass is 252 g/mol. The number of amides is 1. The van der Waals surface area contributed by atoms with Crippen LogP contribution in [0.15, 0.2) is 0 Å². The van der Waals surface area contributed by atoms with Gasteiger partial charge in [0.2, 0.25) is 5.91 Å². The Morgan fingerprint density at radius 3 is 2.76 bits per heavy atom. The van der Waals surface area contributed by atoms with E-state index in [2.05, 4.69) is 17.0 Å². The van der Waals surface area contributed by atoms with Gasteiger partial charge in [-0.1, -0.05) is 6.92 Å². The van der Waals surface area contributed by atoms with Gasteiger partial charge in [-0.25, -0.2) is 8.78 Å². The van der Waals surface area contributed by atoms with Gasteiger partial charge in [0.1, 0.15) is 6.61 Å². The number of nitrogens with two attached hydrogens (primary N) is 1. The van der Waals surface area contributed by atoms with Crippen LogP contribution in [0, 0.1) is 5.92 Å². The molecule has 0 saturated heterocycles. The molecular weight excluding hydrogens is 230 g/mol. The molecule has 0 aliphatic carbocycles. The second-order valence-corrected chi connectivity index (χ2v) is 4.05. The summed E-state index contributed by atoms with van der Waals surface area (Å²) in [4.78, 5) is 11.2. The van der Waals surface area contributed by atoms with Crippen molar-refractivity contribution in [3.05, 3.63) is 0 Å². The van der Waals surface area contributed by atoms with Crippen LogP contribution < -0.4 is 11.1 Å². The number of hydrogen-bond acceptors (Lipinski definition) is 3. The number of ether oxygens (including phenoxy) is 1. The summed E-state index contributed by atoms with van der Waals surface area (Å²) >= 11 is 0. The average molecular weight is 252 g/mol. The van der Waals surface area contributed by atoms with E-state index in [1.54, 1.807) is 0 Å². The number of carbonyl (C=O) groups excluding carboxylic acids is 1. The van der Waals surface area contributed by atoms with E-state index in [0.29, 0.717) is 19.0 Å². The molecule has 0 spiro atoms. The molecule has 0 saturated carbocycles. The highest BCUT2D eigenvalue weighted by atomic mass is 19.3. The summed E-state index contributed by atoms with van der Waals surface area (Å²) in [7, 11) is 0. The van der Waals surface area contributed by atoms with Crippen molar-refractivity contribution >= 4 is 5.91 Å². The summed E-state index contributed by atoms with van der Waals surface area (Å²) in [6, 6.07) is 0. The standard InChI is InChI=1S/C11H22F2N2O2/c1-9(7-14)3-2-5-15-11(16)4-6-17-8-10(12)13/h9-10H,2-8,14H2,1H3,(H,15,16). The van der Waals surface area contributed by atoms with Crippen molar-refractivity contribution in [3.8, 4) is 0 Å². The number of hydrogen-bond donors (Lipinski definition) is 2. The molecule has 0 heterocycles. The van der Waals surface area contributed by atoms with Gasteiger partial charge in [-0.2, -0.15) is 0 Å². The van der Waals surface area contributed by atoms with Gasteiger partial charge in [0, 0.05) is 13.0 Å². The Kier molecular flexibility index (Phi) is 9.95. The molecule has 0 bridgehead atoms. The maximum absolute atomic E-state index is 11.7. The van der Waals surface area contributed by atoms with Gasteiger partial charge in [0.25, 0.3) is 6.43 Å². The molecule has 0 rings (SSSR count). The summed E-state index contributed by atoms with van der Waals surface area (Å²) in [5.74, 6) is 0.293. The zero-order valence-corrected chi connectivity index (χ0v) is 10.3. The first-order chi connectivity index (χ1) is 8.06. The predicted molar refractivity (Wildman–Crippen MR) is 61.9 cm³/mol. The van der Waals surface area contributed by atoms with Crippen LogP contribution in [0.3, 0.4) is 0 Å². The Morgan fingerprint density at radius 1 is 1.47 bits per heavy atom. The second-order valence-electron chi connectivity index (χ2n) is 4.05. The molecule has 6 heteroatoms. The maximum Gasteiger partial charge on any atom is 0.261 e. The highest BCUT2D eigenvalue weighted by Crippen LogP contribution is 2.01. The SMILES string of the molecule is CC(CN)CCCNC(=O)CCOCC(F)F. The molecule has 1 atom stereocenters. The van der Waals surface area contributed by atoms with E-state index in [1.165, 1.54) is 0 Å². The Bertz CT molecular complexity index is 204. The molecule has 0 fully saturated rings. The third-order valence-corrected chi connectivity index (χ3v) is 2.32. The fraction of sp³-hybridized carbons (Fsp3) is 0.909. The Morgan fingerprint density at radius 2 is 2.18 bits per heavy atom. The molecule has 0 radical (unpaired) electrons. The van der Waals surface area contributed by atoms with Crippen molar-refractivity contribution in [1.29, 1.82) is 0 Å². The molecule has 0 aromatic rings. The van der Waals surface area contributed by atoms with Crippen LogP contribution in [0.2, 0.25) is 0 Å². The molecule has 0 aliphatic heterocycles. The summed E-state index contributed by atoms with van der Waals surface area (Å²) in [5, 5.41) is 2.70. The number of alkyl halides is 2. The van der Waals surface area contributed by atoms with Crippen LogP contribution in [0.5, 0.6) is 0 Å². The number of carbonyl (C=O) groups is 1. The van der Waals surface area contributed by atoms with Gasteiger partial charge < -0.3 is 15.8 Å². The molecule has 0 aromatic carbocycles. The first kappa shape index (κ1) is 16.2. The predicted octanol–water partition coefficient (Wildman–Crippen LogP) is 1.15. The third-order valence-electron chi connectivity index (χ3n) is 2.32. The van der Waals surface area contributed by atoms with Crippen LogP contribution in [-0.4, -0.2) is 38.6 Å². The lowest BCUT2D eigenvalue weighted by atomic mass is 10.1. The summed E-state index contributed by atoms with van der Waals surface area (Å²) < 4.78 is 28.0. The van der Waals surface area contributed by atoms with Gasteiger partial charge in [-0.3, -0.25) is 4.79 Å². The third kappa shape index (κ3) is 11.5. The van der Waals surface area contributed by atoms with Gasteiger partial charge in [0.05, 0.1) is 6.61 Å². The molecule has 102 valence electrons. The molecule has 1 unspecified atom stereocenters. The van der Waals surface area contributed by atoms with Crippen molar-refractivity contribution in [3.63, 3.8) is 0 Å². The second kappa shape index (κ2) is 10.4. The van der Waals surface area contributed by atoms with Crippen molar-refractivity contribution in [2.45, 2.75) is 32.6 Å². The maximum atomic E-state index is 11.7. The summed E-state index contributed by atoms with van der Waals surface area (Å²) in [6.07, 6.45) is -0.504. The van der Waals surface area contributed by atoms with Crippen LogP contribution in [0.25, 0.3) is 0 Å². The Hall–Kier alpha value is -0.750. The van der Waals surface area contributed by atoms with E-state index in [0.717, 1.165) is 12.8 Å². The molecule has 4 nitrogen and oxygen atoms in total. The van der Waals surface area contributed by atoms with E-state index < -0.39 is 13.0 Å². The van der Waals surface area contributed by atoms with Crippen LogP contribution in [0.4, 0.5) is 8.78 Å². The van der Waals surface area contributed by atoms with Crippen LogP contribution in [-0.2, 0) is 9.53 Å². The van der Waals surface area contributed by atoms with Crippen LogP contribution >= 0.6 is 0 Å². The van der Waals surface area contributed by atoms with Crippen molar-refractivity contribution in [1.82, 2.24) is 5.32 Å². The largest absolute Gasteiger partial charge is 0.375 e. The average Bonchev–Trinajstić information content (AvgIpc) is 2.29. The minimum atomic E-state index is -2.48. The van der Waals surface area contributed by atoms with Gasteiger partial charge in [-0.05, 0) is 25.3 Å². The van der Waals surface area contributed by atoms with Crippen LogP contribution in [0.1, 0.15) is 26.2 Å². The molecule has 17 heavy (non-hydrogen) atoms. The zero-order valence-electron chi connectivity index (χ0n) is 10.3. The zero-order chi connectivity index (χ0) is 13.1. The lowest BCUT2D eigenvalue weighted by Crippen LogP contribution is -2.26. The summed E-state index contributed by atoms with van der Waals surface area (Å²) in [5.41, 5.74) is 5.45. The lowest BCUT2D eigenvalue weighted by molar-refractivity contribution is -0.122. The van der Waals surface area contributed by atoms with Gasteiger partial charge in [0.15, 0.2) is 0 Å². The molecule has 0 aliphatic rings. The van der Waals surface area contributed by atoms with E-state index in [-0.39, 0.29) is 18.9 Å². The molecule has 1 amide bonds. The van der Waals surface area contributed by atoms with E-state index in [4.69, 9.17) is 5.73 Å². The normalized spacial score (nSPS) is 12.8. The fourth-order valence-electron chi connectivity index (χ4n) is 1.22. The molecule has 3 N–H and O–H groups in total. The van der Waals surface area contributed by atoms with Crippen molar-refractivity contribution in [2.24, 2.45) is 11.7 Å². The van der Waals surface area contributed by atoms with Crippen molar-refractivity contribution in [2.75, 3.05) is 26.3 Å². The first-order valence-electron chi connectivity index (χ1n) is 5.89.